The van der Waals surface area contributed by atoms with Gasteiger partial charge in [0.2, 0.25) is 17.7 Å². The molecule has 2 aliphatic rings. The highest BCUT2D eigenvalue weighted by Crippen LogP contribution is 2.02. The van der Waals surface area contributed by atoms with Gasteiger partial charge < -0.3 is 9.64 Å². The van der Waals surface area contributed by atoms with Crippen molar-refractivity contribution in [3.63, 3.8) is 0 Å². The first kappa shape index (κ1) is 12.0. The molecule has 0 aromatic rings. The van der Waals surface area contributed by atoms with Gasteiger partial charge in [-0.3, -0.25) is 24.6 Å². The number of carbonyl (C=O) groups excluding carboxylic acids is 3. The molecule has 0 saturated carbocycles. The molecule has 17 heavy (non-hydrogen) atoms. The molecule has 0 aromatic heterocycles. The van der Waals surface area contributed by atoms with Crippen molar-refractivity contribution < 1.29 is 19.1 Å². The summed E-state index contributed by atoms with van der Waals surface area (Å²) in [6.45, 7) is 2.13. The van der Waals surface area contributed by atoms with Crippen LogP contribution in [0.2, 0.25) is 0 Å². The summed E-state index contributed by atoms with van der Waals surface area (Å²) in [5.41, 5.74) is 0. The van der Waals surface area contributed by atoms with E-state index in [9.17, 15) is 14.4 Å². The summed E-state index contributed by atoms with van der Waals surface area (Å²) in [6, 6.07) is 0. The third-order valence-electron chi connectivity index (χ3n) is 2.81. The first-order chi connectivity index (χ1) is 8.18. The van der Waals surface area contributed by atoms with Crippen LogP contribution in [0.15, 0.2) is 0 Å². The first-order valence-corrected chi connectivity index (χ1v) is 5.58. The van der Waals surface area contributed by atoms with Crippen LogP contribution in [-0.2, 0) is 19.1 Å². The normalized spacial score (nSPS) is 21.9. The van der Waals surface area contributed by atoms with Crippen LogP contribution in [0.3, 0.4) is 0 Å². The lowest BCUT2D eigenvalue weighted by atomic mass is 10.3. The summed E-state index contributed by atoms with van der Waals surface area (Å²) < 4.78 is 5.13. The van der Waals surface area contributed by atoms with Crippen LogP contribution in [0.25, 0.3) is 0 Å². The van der Waals surface area contributed by atoms with Gasteiger partial charge >= 0.3 is 0 Å². The Morgan fingerprint density at radius 2 is 1.76 bits per heavy atom. The Labute approximate surface area is 98.7 Å². The van der Waals surface area contributed by atoms with Crippen molar-refractivity contribution in [2.75, 3.05) is 45.9 Å². The highest BCUT2D eigenvalue weighted by atomic mass is 16.5. The SMILES string of the molecule is O=C(CN1C(=O)CNCC1=O)N1CCOCC1. The number of morpholine rings is 1. The number of rotatable bonds is 2. The Hall–Kier alpha value is -1.47. The predicted octanol–water partition coefficient (Wildman–Crippen LogP) is -2.20. The van der Waals surface area contributed by atoms with Gasteiger partial charge in [-0.1, -0.05) is 0 Å². The van der Waals surface area contributed by atoms with Gasteiger partial charge in [0, 0.05) is 13.1 Å². The highest BCUT2D eigenvalue weighted by Gasteiger charge is 2.29. The van der Waals surface area contributed by atoms with E-state index in [0.29, 0.717) is 26.3 Å². The molecule has 2 heterocycles. The number of carbonyl (C=O) groups is 3. The lowest BCUT2D eigenvalue weighted by Crippen LogP contribution is -2.56. The number of hydrogen-bond donors (Lipinski definition) is 1. The third-order valence-corrected chi connectivity index (χ3v) is 2.81. The van der Waals surface area contributed by atoms with E-state index in [0.717, 1.165) is 4.90 Å². The summed E-state index contributed by atoms with van der Waals surface area (Å²) in [5, 5.41) is 2.68. The molecule has 0 bridgehead atoms. The number of nitrogens with zero attached hydrogens (tertiary/aromatic N) is 2. The Balaban J connectivity index is 1.92. The van der Waals surface area contributed by atoms with Crippen molar-refractivity contribution >= 4 is 17.7 Å². The molecule has 2 rings (SSSR count). The van der Waals surface area contributed by atoms with Gasteiger partial charge in [-0.05, 0) is 0 Å². The zero-order valence-corrected chi connectivity index (χ0v) is 9.48. The minimum absolute atomic E-state index is 0.113. The topological polar surface area (TPSA) is 79.0 Å². The fourth-order valence-corrected chi connectivity index (χ4v) is 1.83. The second kappa shape index (κ2) is 5.24. The molecule has 0 aliphatic carbocycles. The second-order valence-corrected chi connectivity index (χ2v) is 3.97. The van der Waals surface area contributed by atoms with Crippen molar-refractivity contribution in [3.8, 4) is 0 Å². The zero-order valence-electron chi connectivity index (χ0n) is 9.48. The maximum absolute atomic E-state index is 11.9. The highest BCUT2D eigenvalue weighted by molar-refractivity contribution is 6.02. The number of ether oxygens (including phenoxy) is 1. The molecule has 7 heteroatoms. The molecule has 0 radical (unpaired) electrons. The van der Waals surface area contributed by atoms with Crippen LogP contribution in [0.4, 0.5) is 0 Å². The van der Waals surface area contributed by atoms with Gasteiger partial charge in [-0.15, -0.1) is 0 Å². The van der Waals surface area contributed by atoms with Gasteiger partial charge in [0.15, 0.2) is 0 Å². The van der Waals surface area contributed by atoms with Crippen molar-refractivity contribution in [1.82, 2.24) is 15.1 Å². The maximum atomic E-state index is 11.9. The number of imide groups is 1. The van der Waals surface area contributed by atoms with E-state index < -0.39 is 0 Å². The van der Waals surface area contributed by atoms with E-state index in [4.69, 9.17) is 4.74 Å². The van der Waals surface area contributed by atoms with E-state index in [1.165, 1.54) is 0 Å². The molecule has 0 aromatic carbocycles. The van der Waals surface area contributed by atoms with Crippen LogP contribution in [0, 0.1) is 0 Å². The molecule has 0 atom stereocenters. The molecular formula is C10H15N3O4. The van der Waals surface area contributed by atoms with Crippen LogP contribution in [0.1, 0.15) is 0 Å². The molecule has 0 unspecified atom stereocenters. The fraction of sp³-hybridized carbons (Fsp3) is 0.700. The summed E-state index contributed by atoms with van der Waals surface area (Å²) in [7, 11) is 0. The molecule has 7 nitrogen and oxygen atoms in total. The van der Waals surface area contributed by atoms with E-state index in [1.807, 2.05) is 0 Å². The van der Waals surface area contributed by atoms with E-state index in [2.05, 4.69) is 5.32 Å². The van der Waals surface area contributed by atoms with Crippen LogP contribution in [-0.4, -0.2) is 73.5 Å². The summed E-state index contributed by atoms with van der Waals surface area (Å²) in [6.07, 6.45) is 0. The molecule has 94 valence electrons. The van der Waals surface area contributed by atoms with Crippen molar-refractivity contribution in [2.45, 2.75) is 0 Å². The minimum atomic E-state index is -0.345. The molecule has 2 saturated heterocycles. The van der Waals surface area contributed by atoms with Gasteiger partial charge in [0.1, 0.15) is 6.54 Å². The average molecular weight is 241 g/mol. The molecule has 2 fully saturated rings. The van der Waals surface area contributed by atoms with E-state index in [-0.39, 0.29) is 37.4 Å². The lowest BCUT2D eigenvalue weighted by Gasteiger charge is -2.30. The predicted molar refractivity (Wildman–Crippen MR) is 57.0 cm³/mol. The minimum Gasteiger partial charge on any atom is -0.378 e. The number of hydrogen-bond acceptors (Lipinski definition) is 5. The number of nitrogens with one attached hydrogen (secondary N) is 1. The largest absolute Gasteiger partial charge is 0.378 e. The quantitative estimate of drug-likeness (QED) is 0.555. The summed E-state index contributed by atoms with van der Waals surface area (Å²) in [4.78, 5) is 37.4. The zero-order chi connectivity index (χ0) is 12.3. The van der Waals surface area contributed by atoms with Gasteiger partial charge in [0.05, 0.1) is 26.3 Å². The first-order valence-electron chi connectivity index (χ1n) is 5.58. The van der Waals surface area contributed by atoms with Crippen molar-refractivity contribution in [3.05, 3.63) is 0 Å². The summed E-state index contributed by atoms with van der Waals surface area (Å²) >= 11 is 0. The Kier molecular flexibility index (Phi) is 3.70. The smallest absolute Gasteiger partial charge is 0.243 e. The Morgan fingerprint density at radius 1 is 1.18 bits per heavy atom. The average Bonchev–Trinajstić information content (AvgIpc) is 2.35. The maximum Gasteiger partial charge on any atom is 0.243 e. The van der Waals surface area contributed by atoms with E-state index in [1.54, 1.807) is 4.90 Å². The summed E-state index contributed by atoms with van der Waals surface area (Å²) in [5.74, 6) is -0.886. The van der Waals surface area contributed by atoms with E-state index >= 15 is 0 Å². The van der Waals surface area contributed by atoms with Crippen LogP contribution >= 0.6 is 0 Å². The third kappa shape index (κ3) is 2.80. The van der Waals surface area contributed by atoms with Gasteiger partial charge in [-0.25, -0.2) is 0 Å². The van der Waals surface area contributed by atoms with Gasteiger partial charge in [-0.2, -0.15) is 0 Å². The Bertz CT molecular complexity index is 322. The fourth-order valence-electron chi connectivity index (χ4n) is 1.83. The molecule has 0 spiro atoms. The van der Waals surface area contributed by atoms with Crippen molar-refractivity contribution in [1.29, 1.82) is 0 Å². The molecule has 2 aliphatic heterocycles. The van der Waals surface area contributed by atoms with Gasteiger partial charge in [0.25, 0.3) is 0 Å². The standard InChI is InChI=1S/C10H15N3O4/c14-8-5-11-6-9(15)13(8)7-10(16)12-1-3-17-4-2-12/h11H,1-7H2. The Morgan fingerprint density at radius 3 is 2.35 bits per heavy atom. The monoisotopic (exact) mass is 241 g/mol. The van der Waals surface area contributed by atoms with Crippen molar-refractivity contribution in [2.24, 2.45) is 0 Å². The number of amides is 3. The molecule has 3 amide bonds. The van der Waals surface area contributed by atoms with Crippen LogP contribution in [0.5, 0.6) is 0 Å². The second-order valence-electron chi connectivity index (χ2n) is 3.97. The number of piperazine rings is 1. The van der Waals surface area contributed by atoms with Crippen LogP contribution < -0.4 is 5.32 Å². The molecular weight excluding hydrogens is 226 g/mol. The lowest BCUT2D eigenvalue weighted by molar-refractivity contribution is -0.152. The molecule has 1 N–H and O–H groups in total.